The van der Waals surface area contributed by atoms with Crippen molar-refractivity contribution < 1.29 is 38.6 Å². The van der Waals surface area contributed by atoms with E-state index in [1.807, 2.05) is 64.5 Å². The van der Waals surface area contributed by atoms with Gasteiger partial charge in [-0.05, 0) is 86.5 Å². The molecule has 0 saturated carbocycles. The second kappa shape index (κ2) is 18.1. The number of methoxy groups -OCH3 is 2. The standard InChI is InChI=1S/C22H28N2O5.C19H24N2O3/c1-15(25)23-12-10-16(11-13-23)8-9-18(21(26)28-2)19-14-24(22(27)29-3)20-7-5-4-6-17(19)20;1-13(22)21-10-8-14(9-11-21)6-7-16(19(23)24)17-12-20-18-5-3-2-4-15(17)18/h4-7,14,16,18H,8-13H2,1-3H3;2-5,12,14,16,20H,6-11H2,1H3,(H,23,24). The van der Waals surface area contributed by atoms with Crippen LogP contribution in [0.25, 0.3) is 21.8 Å². The zero-order valence-electron chi connectivity index (χ0n) is 31.2. The number of hydrogen-bond acceptors (Lipinski definition) is 7. The molecule has 2 saturated heterocycles. The average molecular weight is 729 g/mol. The maximum absolute atomic E-state index is 12.6. The first-order valence-electron chi connectivity index (χ1n) is 18.6. The second-order valence-corrected chi connectivity index (χ2v) is 14.3. The Morgan fingerprint density at radius 2 is 1.26 bits per heavy atom. The van der Waals surface area contributed by atoms with Gasteiger partial charge in [-0.25, -0.2) is 4.79 Å². The molecule has 2 aliphatic rings. The van der Waals surface area contributed by atoms with E-state index < -0.39 is 23.9 Å². The van der Waals surface area contributed by atoms with Gasteiger partial charge in [-0.15, -0.1) is 0 Å². The summed E-state index contributed by atoms with van der Waals surface area (Å²) in [6, 6.07) is 15.3. The number of aromatic amines is 1. The molecule has 2 aromatic heterocycles. The van der Waals surface area contributed by atoms with Crippen LogP contribution in [-0.2, 0) is 28.7 Å². The highest BCUT2D eigenvalue weighted by molar-refractivity contribution is 5.95. The van der Waals surface area contributed by atoms with E-state index in [-0.39, 0.29) is 17.8 Å². The number of piperidine rings is 2. The molecule has 2 atom stereocenters. The first-order chi connectivity index (χ1) is 25.5. The van der Waals surface area contributed by atoms with E-state index >= 15 is 0 Å². The molecule has 12 heteroatoms. The lowest BCUT2D eigenvalue weighted by molar-refractivity contribution is -0.143. The van der Waals surface area contributed by atoms with Gasteiger partial charge in [-0.3, -0.25) is 23.7 Å². The molecule has 2 aliphatic heterocycles. The summed E-state index contributed by atoms with van der Waals surface area (Å²) in [6.07, 6.45) is 9.89. The number of carboxylic acids is 1. The van der Waals surface area contributed by atoms with Crippen LogP contribution in [0.2, 0.25) is 0 Å². The van der Waals surface area contributed by atoms with Crippen LogP contribution in [0.4, 0.5) is 4.79 Å². The van der Waals surface area contributed by atoms with Crippen molar-refractivity contribution in [2.75, 3.05) is 40.4 Å². The van der Waals surface area contributed by atoms with Crippen LogP contribution in [-0.4, -0.2) is 94.7 Å². The van der Waals surface area contributed by atoms with Crippen molar-refractivity contribution in [2.24, 2.45) is 11.8 Å². The number of aliphatic carboxylic acids is 1. The SMILES string of the molecule is CC(=O)N1CCC(CCC(C(=O)O)c2c[nH]c3ccccc23)CC1.COC(=O)C(CCC1CCN(C(C)=O)CC1)c1cn(C(=O)OC)c2ccccc12. The Bertz CT molecular complexity index is 1900. The first kappa shape index (κ1) is 39.1. The number of likely N-dealkylation sites (tertiary alicyclic amines) is 2. The van der Waals surface area contributed by atoms with E-state index in [2.05, 4.69) is 4.98 Å². The summed E-state index contributed by atoms with van der Waals surface area (Å²) in [5.41, 5.74) is 3.34. The van der Waals surface area contributed by atoms with Gasteiger partial charge >= 0.3 is 18.0 Å². The maximum atomic E-state index is 12.6. The van der Waals surface area contributed by atoms with E-state index in [9.17, 15) is 29.1 Å². The monoisotopic (exact) mass is 728 g/mol. The van der Waals surface area contributed by atoms with E-state index in [4.69, 9.17) is 9.47 Å². The number of esters is 1. The van der Waals surface area contributed by atoms with Crippen LogP contribution in [0, 0.1) is 11.8 Å². The average Bonchev–Trinajstić information content (AvgIpc) is 3.77. The fourth-order valence-corrected chi connectivity index (χ4v) is 7.95. The van der Waals surface area contributed by atoms with Crippen molar-refractivity contribution in [3.63, 3.8) is 0 Å². The highest BCUT2D eigenvalue weighted by Gasteiger charge is 2.30. The van der Waals surface area contributed by atoms with Crippen molar-refractivity contribution in [1.82, 2.24) is 19.4 Å². The number of ether oxygens (including phenoxy) is 2. The maximum Gasteiger partial charge on any atom is 0.418 e. The predicted octanol–water partition coefficient (Wildman–Crippen LogP) is 6.93. The third kappa shape index (κ3) is 9.46. The van der Waals surface area contributed by atoms with E-state index in [1.165, 1.54) is 18.8 Å². The van der Waals surface area contributed by atoms with Crippen molar-refractivity contribution in [3.8, 4) is 0 Å². The first-order valence-corrected chi connectivity index (χ1v) is 18.6. The number of aromatic nitrogens is 2. The van der Waals surface area contributed by atoms with Crippen molar-refractivity contribution in [2.45, 2.75) is 77.0 Å². The molecule has 4 aromatic rings. The second-order valence-electron chi connectivity index (χ2n) is 14.3. The fraction of sp³-hybridized carbons (Fsp3) is 0.488. The number of benzene rings is 2. The van der Waals surface area contributed by atoms with Gasteiger partial charge in [0, 0.05) is 68.7 Å². The zero-order chi connectivity index (χ0) is 38.1. The van der Waals surface area contributed by atoms with Crippen LogP contribution < -0.4 is 0 Å². The highest BCUT2D eigenvalue weighted by atomic mass is 16.5. The molecular formula is C41H52N4O8. The minimum atomic E-state index is -0.763. The number of para-hydroxylation sites is 2. The summed E-state index contributed by atoms with van der Waals surface area (Å²) < 4.78 is 11.4. The summed E-state index contributed by atoms with van der Waals surface area (Å²) in [6.45, 7) is 6.34. The Morgan fingerprint density at radius 3 is 1.79 bits per heavy atom. The summed E-state index contributed by atoms with van der Waals surface area (Å²) >= 11 is 0. The van der Waals surface area contributed by atoms with E-state index in [0.717, 1.165) is 92.1 Å². The van der Waals surface area contributed by atoms with Gasteiger partial charge in [-0.1, -0.05) is 36.4 Å². The molecule has 2 aromatic carbocycles. The molecule has 2 N–H and O–H groups in total. The molecule has 2 unspecified atom stereocenters. The molecule has 0 radical (unpaired) electrons. The Balaban J connectivity index is 0.000000208. The summed E-state index contributed by atoms with van der Waals surface area (Å²) in [4.78, 5) is 66.4. The number of carbonyl (C=O) groups excluding carboxylic acids is 4. The Hall–Kier alpha value is -5.13. The van der Waals surface area contributed by atoms with Crippen LogP contribution >= 0.6 is 0 Å². The molecule has 4 heterocycles. The van der Waals surface area contributed by atoms with Crippen LogP contribution in [0.5, 0.6) is 0 Å². The van der Waals surface area contributed by atoms with Gasteiger partial charge in [0.25, 0.3) is 0 Å². The predicted molar refractivity (Wildman–Crippen MR) is 202 cm³/mol. The minimum Gasteiger partial charge on any atom is -0.481 e. The topological polar surface area (TPSA) is 151 Å². The number of nitrogens with zero attached hydrogens (tertiary/aromatic N) is 3. The molecule has 0 aliphatic carbocycles. The van der Waals surface area contributed by atoms with Crippen molar-refractivity contribution >= 4 is 51.7 Å². The van der Waals surface area contributed by atoms with Crippen LogP contribution in [0.1, 0.15) is 88.2 Å². The smallest absolute Gasteiger partial charge is 0.418 e. The zero-order valence-corrected chi connectivity index (χ0v) is 31.2. The van der Waals surface area contributed by atoms with Gasteiger partial charge in [-0.2, -0.15) is 0 Å². The number of amides is 2. The van der Waals surface area contributed by atoms with Gasteiger partial charge in [0.15, 0.2) is 0 Å². The minimum absolute atomic E-state index is 0.117. The molecule has 2 fully saturated rings. The Labute approximate surface area is 310 Å². The highest BCUT2D eigenvalue weighted by Crippen LogP contribution is 2.35. The fourth-order valence-electron chi connectivity index (χ4n) is 7.95. The largest absolute Gasteiger partial charge is 0.481 e. The van der Waals surface area contributed by atoms with Gasteiger partial charge in [0.2, 0.25) is 11.8 Å². The third-order valence-electron chi connectivity index (χ3n) is 11.1. The summed E-state index contributed by atoms with van der Waals surface area (Å²) in [5.74, 6) is -0.782. The Kier molecular flexibility index (Phi) is 13.3. The molecule has 0 bridgehead atoms. The van der Waals surface area contributed by atoms with Gasteiger partial charge in [0.1, 0.15) is 0 Å². The number of nitrogens with one attached hydrogen (secondary N) is 1. The van der Waals surface area contributed by atoms with Gasteiger partial charge in [0.05, 0.1) is 31.6 Å². The number of H-pyrrole nitrogens is 1. The third-order valence-corrected chi connectivity index (χ3v) is 11.1. The normalized spacial score (nSPS) is 16.5. The lowest BCUT2D eigenvalue weighted by atomic mass is 9.86. The summed E-state index contributed by atoms with van der Waals surface area (Å²) in [5, 5.41) is 11.5. The van der Waals surface area contributed by atoms with Crippen LogP contribution in [0.15, 0.2) is 60.9 Å². The lowest BCUT2D eigenvalue weighted by Gasteiger charge is -2.31. The van der Waals surface area contributed by atoms with Crippen molar-refractivity contribution in [1.29, 1.82) is 0 Å². The van der Waals surface area contributed by atoms with Crippen molar-refractivity contribution in [3.05, 3.63) is 72.1 Å². The molecule has 2 amide bonds. The molecule has 53 heavy (non-hydrogen) atoms. The molecule has 284 valence electrons. The number of carboxylic acid groups (broad SMARTS) is 1. The Morgan fingerprint density at radius 1 is 0.736 bits per heavy atom. The number of hydrogen-bond donors (Lipinski definition) is 2. The molecule has 0 spiro atoms. The number of carbonyl (C=O) groups is 5. The molecule has 12 nitrogen and oxygen atoms in total. The quantitative estimate of drug-likeness (QED) is 0.167. The molecular weight excluding hydrogens is 676 g/mol. The number of rotatable bonds is 10. The molecule has 6 rings (SSSR count). The summed E-state index contributed by atoms with van der Waals surface area (Å²) in [7, 11) is 2.72. The lowest BCUT2D eigenvalue weighted by Crippen LogP contribution is -2.37. The van der Waals surface area contributed by atoms with E-state index in [0.29, 0.717) is 30.2 Å². The number of fused-ring (bicyclic) bond motifs is 2. The van der Waals surface area contributed by atoms with E-state index in [1.54, 1.807) is 20.0 Å². The van der Waals surface area contributed by atoms with Gasteiger partial charge < -0.3 is 29.4 Å². The van der Waals surface area contributed by atoms with Crippen LogP contribution in [0.3, 0.4) is 0 Å².